The van der Waals surface area contributed by atoms with E-state index in [1.807, 2.05) is 17.4 Å². The Balaban J connectivity index is 2.92. The zero-order valence-corrected chi connectivity index (χ0v) is 8.74. The number of fused-ring (bicyclic) bond motifs is 1. The van der Waals surface area contributed by atoms with Crippen molar-refractivity contribution in [1.82, 2.24) is 0 Å². The number of rotatable bonds is 1. The second kappa shape index (κ2) is 3.00. The van der Waals surface area contributed by atoms with E-state index in [0.717, 1.165) is 0 Å². The Morgan fingerprint density at radius 3 is 2.69 bits per heavy atom. The summed E-state index contributed by atoms with van der Waals surface area (Å²) in [4.78, 5) is 1.30. The maximum Gasteiger partial charge on any atom is 0.0354 e. The molecule has 66 valence electrons. The summed E-state index contributed by atoms with van der Waals surface area (Å²) in [6.45, 7) is 8.16. The molecule has 0 spiro atoms. The van der Waals surface area contributed by atoms with Crippen LogP contribution in [0.5, 0.6) is 0 Å². The van der Waals surface area contributed by atoms with Crippen molar-refractivity contribution in [3.63, 3.8) is 0 Å². The minimum Gasteiger partial charge on any atom is -0.136 e. The summed E-state index contributed by atoms with van der Waals surface area (Å²) in [5, 5.41) is 1.41. The summed E-state index contributed by atoms with van der Waals surface area (Å²) >= 11 is 1.82. The number of benzene rings is 1. The third kappa shape index (κ3) is 1.20. The van der Waals surface area contributed by atoms with Gasteiger partial charge in [-0.1, -0.05) is 24.8 Å². The third-order valence-corrected chi connectivity index (χ3v) is 3.64. The van der Waals surface area contributed by atoms with Crippen molar-refractivity contribution in [2.24, 2.45) is 0 Å². The van der Waals surface area contributed by atoms with E-state index >= 15 is 0 Å². The molecule has 0 fully saturated rings. The van der Waals surface area contributed by atoms with Gasteiger partial charge in [0.1, 0.15) is 0 Å². The van der Waals surface area contributed by atoms with Crippen LogP contribution in [0.2, 0.25) is 0 Å². The van der Waals surface area contributed by atoms with Crippen LogP contribution in [0, 0.1) is 13.8 Å². The molecule has 0 aliphatic carbocycles. The van der Waals surface area contributed by atoms with Gasteiger partial charge in [0.2, 0.25) is 0 Å². The molecule has 1 aromatic heterocycles. The normalized spacial score (nSPS) is 10.6. The first-order valence-corrected chi connectivity index (χ1v) is 5.17. The summed E-state index contributed by atoms with van der Waals surface area (Å²) in [6.07, 6.45) is 1.94. The van der Waals surface area contributed by atoms with Crippen molar-refractivity contribution in [2.75, 3.05) is 0 Å². The topological polar surface area (TPSA) is 0 Å². The molecule has 0 aliphatic rings. The Hall–Kier alpha value is -1.08. The first kappa shape index (κ1) is 8.52. The number of hydrogen-bond donors (Lipinski definition) is 0. The second-order valence-corrected chi connectivity index (χ2v) is 4.33. The Labute approximate surface area is 82.5 Å². The monoisotopic (exact) mass is 188 g/mol. The van der Waals surface area contributed by atoms with Crippen LogP contribution in [0.1, 0.15) is 16.0 Å². The Bertz CT molecular complexity index is 463. The van der Waals surface area contributed by atoms with Crippen LogP contribution in [-0.2, 0) is 0 Å². The SMILES string of the molecule is C=Cc1sc2cccc(C)c2c1C. The Kier molecular flexibility index (Phi) is 1.97. The van der Waals surface area contributed by atoms with E-state index in [2.05, 4.69) is 38.6 Å². The van der Waals surface area contributed by atoms with Gasteiger partial charge in [0, 0.05) is 9.58 Å². The predicted octanol–water partition coefficient (Wildman–Crippen LogP) is 4.16. The van der Waals surface area contributed by atoms with E-state index in [1.54, 1.807) is 0 Å². The second-order valence-electron chi connectivity index (χ2n) is 3.24. The van der Waals surface area contributed by atoms with Crippen LogP contribution in [0.3, 0.4) is 0 Å². The smallest absolute Gasteiger partial charge is 0.0354 e. The van der Waals surface area contributed by atoms with Crippen molar-refractivity contribution >= 4 is 27.5 Å². The molecule has 0 unspecified atom stereocenters. The van der Waals surface area contributed by atoms with Gasteiger partial charge in [-0.05, 0) is 36.4 Å². The number of thiophene rings is 1. The molecule has 13 heavy (non-hydrogen) atoms. The van der Waals surface area contributed by atoms with Crippen molar-refractivity contribution in [1.29, 1.82) is 0 Å². The van der Waals surface area contributed by atoms with Gasteiger partial charge in [-0.2, -0.15) is 0 Å². The summed E-state index contributed by atoms with van der Waals surface area (Å²) in [5.74, 6) is 0. The minimum absolute atomic E-state index is 1.30. The molecule has 0 bridgehead atoms. The average molecular weight is 188 g/mol. The van der Waals surface area contributed by atoms with Gasteiger partial charge in [0.25, 0.3) is 0 Å². The lowest BCUT2D eigenvalue weighted by Crippen LogP contribution is -1.75. The van der Waals surface area contributed by atoms with Crippen LogP contribution >= 0.6 is 11.3 Å². The molecule has 0 amide bonds. The lowest BCUT2D eigenvalue weighted by atomic mass is 10.1. The standard InChI is InChI=1S/C12H12S/c1-4-10-9(3)12-8(2)6-5-7-11(12)13-10/h4-7H,1H2,2-3H3. The maximum atomic E-state index is 3.83. The molecular weight excluding hydrogens is 176 g/mol. The molecule has 0 radical (unpaired) electrons. The minimum atomic E-state index is 1.30. The molecule has 1 heterocycles. The summed E-state index contributed by atoms with van der Waals surface area (Å²) < 4.78 is 1.37. The van der Waals surface area contributed by atoms with Crippen molar-refractivity contribution in [3.05, 3.63) is 40.8 Å². The molecule has 1 heteroatoms. The highest BCUT2D eigenvalue weighted by Crippen LogP contribution is 2.33. The largest absolute Gasteiger partial charge is 0.136 e. The van der Waals surface area contributed by atoms with Crippen LogP contribution in [-0.4, -0.2) is 0 Å². The van der Waals surface area contributed by atoms with E-state index in [0.29, 0.717) is 0 Å². The number of hydrogen-bond acceptors (Lipinski definition) is 1. The zero-order valence-electron chi connectivity index (χ0n) is 7.92. The average Bonchev–Trinajstić information content (AvgIpc) is 2.44. The lowest BCUT2D eigenvalue weighted by molar-refractivity contribution is 1.49. The molecule has 0 nitrogen and oxygen atoms in total. The van der Waals surface area contributed by atoms with Crippen molar-refractivity contribution in [2.45, 2.75) is 13.8 Å². The van der Waals surface area contributed by atoms with Gasteiger partial charge < -0.3 is 0 Å². The van der Waals surface area contributed by atoms with Gasteiger partial charge in [-0.3, -0.25) is 0 Å². The van der Waals surface area contributed by atoms with Gasteiger partial charge in [0.05, 0.1) is 0 Å². The summed E-state index contributed by atoms with van der Waals surface area (Å²) in [6, 6.07) is 6.45. The van der Waals surface area contributed by atoms with Gasteiger partial charge in [0.15, 0.2) is 0 Å². The van der Waals surface area contributed by atoms with Crippen LogP contribution in [0.15, 0.2) is 24.8 Å². The fraction of sp³-hybridized carbons (Fsp3) is 0.167. The molecule has 0 saturated carbocycles. The molecule has 2 aromatic rings. The maximum absolute atomic E-state index is 3.83. The quantitative estimate of drug-likeness (QED) is 0.630. The van der Waals surface area contributed by atoms with Crippen molar-refractivity contribution < 1.29 is 0 Å². The number of aryl methyl sites for hydroxylation is 2. The molecule has 0 N–H and O–H groups in total. The highest BCUT2D eigenvalue weighted by Gasteiger charge is 2.06. The Morgan fingerprint density at radius 1 is 1.31 bits per heavy atom. The van der Waals surface area contributed by atoms with Crippen LogP contribution in [0.4, 0.5) is 0 Å². The van der Waals surface area contributed by atoms with Crippen LogP contribution < -0.4 is 0 Å². The molecular formula is C12H12S. The van der Waals surface area contributed by atoms with E-state index in [-0.39, 0.29) is 0 Å². The van der Waals surface area contributed by atoms with Gasteiger partial charge in [-0.15, -0.1) is 11.3 Å². The van der Waals surface area contributed by atoms with Gasteiger partial charge in [-0.25, -0.2) is 0 Å². The highest BCUT2D eigenvalue weighted by molar-refractivity contribution is 7.20. The molecule has 0 aliphatic heterocycles. The van der Waals surface area contributed by atoms with E-state index in [1.165, 1.54) is 26.1 Å². The fourth-order valence-electron chi connectivity index (χ4n) is 1.72. The summed E-state index contributed by atoms with van der Waals surface area (Å²) in [7, 11) is 0. The summed E-state index contributed by atoms with van der Waals surface area (Å²) in [5.41, 5.74) is 2.73. The first-order chi connectivity index (χ1) is 6.24. The first-order valence-electron chi connectivity index (χ1n) is 4.35. The molecule has 1 aromatic carbocycles. The predicted molar refractivity (Wildman–Crippen MR) is 61.4 cm³/mol. The highest BCUT2D eigenvalue weighted by atomic mass is 32.1. The molecule has 2 rings (SSSR count). The van der Waals surface area contributed by atoms with Crippen LogP contribution in [0.25, 0.3) is 16.2 Å². The van der Waals surface area contributed by atoms with E-state index in [9.17, 15) is 0 Å². The van der Waals surface area contributed by atoms with E-state index in [4.69, 9.17) is 0 Å². The molecule has 0 saturated heterocycles. The van der Waals surface area contributed by atoms with Gasteiger partial charge >= 0.3 is 0 Å². The molecule has 0 atom stereocenters. The lowest BCUT2D eigenvalue weighted by Gasteiger charge is -1.96. The fourth-order valence-corrected chi connectivity index (χ4v) is 2.86. The Morgan fingerprint density at radius 2 is 2.08 bits per heavy atom. The zero-order chi connectivity index (χ0) is 9.42. The van der Waals surface area contributed by atoms with Crippen molar-refractivity contribution in [3.8, 4) is 0 Å². The van der Waals surface area contributed by atoms with E-state index < -0.39 is 0 Å². The third-order valence-electron chi connectivity index (χ3n) is 2.38.